The summed E-state index contributed by atoms with van der Waals surface area (Å²) in [5.74, 6) is 1.81. The van der Waals surface area contributed by atoms with E-state index in [-0.39, 0.29) is 11.5 Å². The number of nitrogens with zero attached hydrogens (tertiary/aromatic N) is 1. The van der Waals surface area contributed by atoms with E-state index >= 15 is 0 Å². The van der Waals surface area contributed by atoms with Crippen LogP contribution < -0.4 is 0 Å². The van der Waals surface area contributed by atoms with Crippen LogP contribution in [-0.2, 0) is 19.1 Å². The molecule has 4 aliphatic rings. The van der Waals surface area contributed by atoms with Gasteiger partial charge in [0, 0.05) is 6.42 Å². The van der Waals surface area contributed by atoms with E-state index < -0.39 is 37.0 Å². The lowest BCUT2D eigenvalue weighted by atomic mass is 9.47. The van der Waals surface area contributed by atoms with E-state index in [1.807, 2.05) is 0 Å². The zero-order valence-corrected chi connectivity index (χ0v) is 26.4. The largest absolute Gasteiger partial charge is 0.480 e. The second kappa shape index (κ2) is 12.8. The van der Waals surface area contributed by atoms with Crippen molar-refractivity contribution in [2.45, 2.75) is 124 Å². The standard InChI is InChI=1S/C34H55NO6/c1-21(2)8-7-9-22(3)27-12-13-28-26-11-10-24-18-25(14-16-33(24,5)29(26)15-17-34(27,28)6)41-32(40)23(4)35(19-30(36)37)20-31(38)39/h10,21-23,25-29H,7-9,11-20H2,1-6H3,(H,36,37)(H,38,39)/t22-,23+,25+,26?,27-,28?,29?,33+,34-/m1/s1. The summed E-state index contributed by atoms with van der Waals surface area (Å²) < 4.78 is 5.89. The maximum absolute atomic E-state index is 13.0. The fourth-order valence-electron chi connectivity index (χ4n) is 9.84. The van der Waals surface area contributed by atoms with E-state index in [1.165, 1.54) is 57.4 Å². The maximum atomic E-state index is 13.0. The molecule has 0 aromatic heterocycles. The quantitative estimate of drug-likeness (QED) is 0.195. The van der Waals surface area contributed by atoms with E-state index in [0.29, 0.717) is 11.3 Å². The van der Waals surface area contributed by atoms with Crippen LogP contribution in [-0.4, -0.2) is 58.3 Å². The van der Waals surface area contributed by atoms with Gasteiger partial charge in [-0.2, -0.15) is 0 Å². The van der Waals surface area contributed by atoms with Crippen molar-refractivity contribution in [2.75, 3.05) is 13.1 Å². The molecule has 7 heteroatoms. The predicted octanol–water partition coefficient (Wildman–Crippen LogP) is 6.80. The second-order valence-corrected chi connectivity index (χ2v) is 15.0. The summed E-state index contributed by atoms with van der Waals surface area (Å²) in [7, 11) is 0. The fraction of sp³-hybridized carbons (Fsp3) is 0.853. The molecule has 232 valence electrons. The first-order valence-corrected chi connectivity index (χ1v) is 16.3. The molecular formula is C34H55NO6. The van der Waals surface area contributed by atoms with Gasteiger partial charge in [-0.1, -0.05) is 65.5 Å². The van der Waals surface area contributed by atoms with Crippen LogP contribution in [0.25, 0.3) is 0 Å². The molecule has 7 nitrogen and oxygen atoms in total. The van der Waals surface area contributed by atoms with E-state index in [1.54, 1.807) is 0 Å². The Balaban J connectivity index is 1.40. The molecule has 0 spiro atoms. The molecule has 0 saturated heterocycles. The lowest BCUT2D eigenvalue weighted by Crippen LogP contribution is -2.51. The number of hydrogen-bond acceptors (Lipinski definition) is 5. The predicted molar refractivity (Wildman–Crippen MR) is 159 cm³/mol. The Bertz CT molecular complexity index is 991. The molecule has 3 saturated carbocycles. The zero-order valence-electron chi connectivity index (χ0n) is 26.4. The average molecular weight is 574 g/mol. The van der Waals surface area contributed by atoms with Gasteiger partial charge in [-0.25, -0.2) is 0 Å². The summed E-state index contributed by atoms with van der Waals surface area (Å²) in [6.07, 6.45) is 15.3. The molecule has 0 amide bonds. The molecule has 0 aromatic carbocycles. The van der Waals surface area contributed by atoms with E-state index in [0.717, 1.165) is 60.2 Å². The van der Waals surface area contributed by atoms with Gasteiger partial charge >= 0.3 is 17.9 Å². The molecule has 0 radical (unpaired) electrons. The number of hydrogen-bond donors (Lipinski definition) is 2. The van der Waals surface area contributed by atoms with Crippen LogP contribution in [0.15, 0.2) is 11.6 Å². The van der Waals surface area contributed by atoms with Crippen molar-refractivity contribution in [1.82, 2.24) is 4.90 Å². The van der Waals surface area contributed by atoms with Gasteiger partial charge < -0.3 is 14.9 Å². The van der Waals surface area contributed by atoms with Crippen LogP contribution in [0.4, 0.5) is 0 Å². The van der Waals surface area contributed by atoms with Crippen molar-refractivity contribution in [1.29, 1.82) is 0 Å². The third kappa shape index (κ3) is 6.70. The van der Waals surface area contributed by atoms with Crippen molar-refractivity contribution >= 4 is 17.9 Å². The number of carboxylic acid groups (broad SMARTS) is 2. The Hall–Kier alpha value is -1.89. The molecule has 0 aromatic rings. The Morgan fingerprint density at radius 1 is 0.951 bits per heavy atom. The van der Waals surface area contributed by atoms with Gasteiger partial charge in [0.25, 0.3) is 0 Å². The lowest BCUT2D eigenvalue weighted by Gasteiger charge is -2.58. The Morgan fingerprint density at radius 2 is 1.63 bits per heavy atom. The van der Waals surface area contributed by atoms with Crippen LogP contribution in [0.3, 0.4) is 0 Å². The van der Waals surface area contributed by atoms with Crippen LogP contribution >= 0.6 is 0 Å². The van der Waals surface area contributed by atoms with Crippen molar-refractivity contribution in [2.24, 2.45) is 46.3 Å². The Morgan fingerprint density at radius 3 is 2.27 bits per heavy atom. The molecule has 4 rings (SSSR count). The van der Waals surface area contributed by atoms with Crippen LogP contribution in [0.2, 0.25) is 0 Å². The molecule has 3 fully saturated rings. The number of fused-ring (bicyclic) bond motifs is 5. The highest BCUT2D eigenvalue weighted by Gasteiger charge is 2.59. The van der Waals surface area contributed by atoms with Gasteiger partial charge in [0.15, 0.2) is 0 Å². The van der Waals surface area contributed by atoms with Gasteiger partial charge in [-0.05, 0) is 98.2 Å². The zero-order chi connectivity index (χ0) is 30.1. The number of carbonyl (C=O) groups excluding carboxylic acids is 1. The van der Waals surface area contributed by atoms with E-state index in [4.69, 9.17) is 4.74 Å². The number of esters is 1. The highest BCUT2D eigenvalue weighted by molar-refractivity contribution is 5.79. The molecule has 4 aliphatic carbocycles. The van der Waals surface area contributed by atoms with Gasteiger partial charge in [-0.15, -0.1) is 0 Å². The summed E-state index contributed by atoms with van der Waals surface area (Å²) in [6.45, 7) is 12.8. The lowest BCUT2D eigenvalue weighted by molar-refractivity contribution is -0.159. The minimum Gasteiger partial charge on any atom is -0.480 e. The summed E-state index contributed by atoms with van der Waals surface area (Å²) in [6, 6.07) is -0.931. The Kier molecular flexibility index (Phi) is 9.98. The molecular weight excluding hydrogens is 518 g/mol. The highest BCUT2D eigenvalue weighted by Crippen LogP contribution is 2.67. The first kappa shape index (κ1) is 32.0. The summed E-state index contributed by atoms with van der Waals surface area (Å²) in [5, 5.41) is 18.3. The molecule has 0 heterocycles. The topological polar surface area (TPSA) is 104 Å². The smallest absolute Gasteiger partial charge is 0.323 e. The van der Waals surface area contributed by atoms with Gasteiger partial charge in [0.1, 0.15) is 12.1 Å². The molecule has 0 aliphatic heterocycles. The van der Waals surface area contributed by atoms with E-state index in [2.05, 4.69) is 40.7 Å². The number of carbonyl (C=O) groups is 3. The molecule has 3 unspecified atom stereocenters. The monoisotopic (exact) mass is 573 g/mol. The minimum atomic E-state index is -1.17. The average Bonchev–Trinajstić information content (AvgIpc) is 3.24. The molecule has 41 heavy (non-hydrogen) atoms. The molecule has 0 bridgehead atoms. The first-order valence-electron chi connectivity index (χ1n) is 16.3. The van der Waals surface area contributed by atoms with Crippen molar-refractivity contribution in [3.63, 3.8) is 0 Å². The maximum Gasteiger partial charge on any atom is 0.323 e. The summed E-state index contributed by atoms with van der Waals surface area (Å²) in [5.41, 5.74) is 2.04. The third-order valence-corrected chi connectivity index (χ3v) is 12.1. The summed E-state index contributed by atoms with van der Waals surface area (Å²) in [4.78, 5) is 36.6. The second-order valence-electron chi connectivity index (χ2n) is 15.0. The van der Waals surface area contributed by atoms with Gasteiger partial charge in [-0.3, -0.25) is 19.3 Å². The molecule has 9 atom stereocenters. The van der Waals surface area contributed by atoms with Gasteiger partial charge in [0.2, 0.25) is 0 Å². The number of allylic oxidation sites excluding steroid dienone is 1. The highest BCUT2D eigenvalue weighted by atomic mass is 16.5. The fourth-order valence-corrected chi connectivity index (χ4v) is 9.84. The van der Waals surface area contributed by atoms with Crippen molar-refractivity contribution in [3.8, 4) is 0 Å². The number of ether oxygens (including phenoxy) is 1. The number of carboxylic acids is 2. The van der Waals surface area contributed by atoms with Crippen LogP contribution in [0.5, 0.6) is 0 Å². The third-order valence-electron chi connectivity index (χ3n) is 12.1. The number of aliphatic carboxylic acids is 2. The number of rotatable bonds is 12. The van der Waals surface area contributed by atoms with Crippen LogP contribution in [0, 0.1) is 46.3 Å². The minimum absolute atomic E-state index is 0.151. The van der Waals surface area contributed by atoms with Gasteiger partial charge in [0.05, 0.1) is 13.1 Å². The van der Waals surface area contributed by atoms with Crippen molar-refractivity contribution in [3.05, 3.63) is 11.6 Å². The molecule has 2 N–H and O–H groups in total. The van der Waals surface area contributed by atoms with E-state index in [9.17, 15) is 24.6 Å². The SMILES string of the molecule is CC(C)CCC[C@@H](C)[C@H]1CCC2C3CC=C4C[C@@H](OC(=O)[C@H](C)N(CC(=O)O)CC(=O)O)CC[C@]4(C)C3CC[C@@]21C. The summed E-state index contributed by atoms with van der Waals surface area (Å²) >= 11 is 0. The van der Waals surface area contributed by atoms with Crippen LogP contribution in [0.1, 0.15) is 112 Å². The first-order chi connectivity index (χ1) is 19.3. The Labute approximate surface area is 247 Å². The van der Waals surface area contributed by atoms with Crippen molar-refractivity contribution < 1.29 is 29.3 Å². The normalized spacial score (nSPS) is 36.1.